The van der Waals surface area contributed by atoms with Crippen LogP contribution in [0, 0.1) is 5.82 Å². The lowest BCUT2D eigenvalue weighted by Crippen LogP contribution is -2.06. The van der Waals surface area contributed by atoms with Gasteiger partial charge in [0.1, 0.15) is 5.82 Å². The molecule has 3 heterocycles. The number of rotatable bonds is 1. The van der Waals surface area contributed by atoms with Gasteiger partial charge in [0.2, 0.25) is 0 Å². The van der Waals surface area contributed by atoms with Crippen molar-refractivity contribution in [1.82, 2.24) is 14.1 Å². The van der Waals surface area contributed by atoms with Gasteiger partial charge in [0.25, 0.3) is 0 Å². The Morgan fingerprint density at radius 1 is 1.04 bits per heavy atom. The van der Waals surface area contributed by atoms with E-state index in [1.807, 2.05) is 24.5 Å². The Hall–Kier alpha value is -2.31. The number of imidazole rings is 1. The number of aromatic nitrogens is 3. The third-order valence-corrected chi connectivity index (χ3v) is 5.51. The number of fused-ring (bicyclic) bond motifs is 5. The van der Waals surface area contributed by atoms with Gasteiger partial charge in [-0.3, -0.25) is 4.57 Å². The van der Waals surface area contributed by atoms with E-state index in [-0.39, 0.29) is 32.8 Å². The Kier molecular flexibility index (Phi) is 5.55. The molecule has 1 aliphatic heterocycles. The van der Waals surface area contributed by atoms with E-state index in [1.165, 1.54) is 17.7 Å². The van der Waals surface area contributed by atoms with Gasteiger partial charge in [-0.25, -0.2) is 9.37 Å². The van der Waals surface area contributed by atoms with E-state index in [1.54, 1.807) is 0 Å². The van der Waals surface area contributed by atoms with Crippen LogP contribution in [0.25, 0.3) is 28.3 Å². The summed E-state index contributed by atoms with van der Waals surface area (Å²) in [6.45, 7) is 2.19. The molecule has 144 valence electrons. The predicted molar refractivity (Wildman–Crippen MR) is 121 cm³/mol. The number of benzene rings is 2. The fourth-order valence-electron chi connectivity index (χ4n) is 3.70. The Morgan fingerprint density at radius 2 is 1.79 bits per heavy atom. The van der Waals surface area contributed by atoms with Crippen molar-refractivity contribution in [1.29, 1.82) is 0 Å². The number of hydrogen-bond donors (Lipinski definition) is 0. The Labute approximate surface area is 179 Å². The van der Waals surface area contributed by atoms with Crippen molar-refractivity contribution in [2.24, 2.45) is 0 Å². The zero-order valence-electron chi connectivity index (χ0n) is 14.5. The van der Waals surface area contributed by atoms with Crippen LogP contribution in [0.3, 0.4) is 0 Å². The van der Waals surface area contributed by atoms with Crippen molar-refractivity contribution in [2.75, 3.05) is 0 Å². The third kappa shape index (κ3) is 3.10. The summed E-state index contributed by atoms with van der Waals surface area (Å²) in [5.74, 6) is 0.684. The Bertz CT molecular complexity index is 1130. The monoisotopic (exact) mass is 457 g/mol. The average molecular weight is 458 g/mol. The second-order valence-electron chi connectivity index (χ2n) is 6.53. The summed E-state index contributed by atoms with van der Waals surface area (Å²) in [5, 5.41) is 0. The van der Waals surface area contributed by atoms with Crippen LogP contribution in [0.15, 0.2) is 71.6 Å². The third-order valence-electron chi connectivity index (χ3n) is 5.01. The minimum absolute atomic E-state index is 0. The minimum Gasteiger partial charge on any atom is -0.337 e. The summed E-state index contributed by atoms with van der Waals surface area (Å²) in [6.07, 6.45) is 5.95. The fraction of sp³-hybridized carbons (Fsp3) is 0.136. The van der Waals surface area contributed by atoms with Crippen LogP contribution in [-0.4, -0.2) is 14.1 Å². The molecule has 0 fully saturated rings. The molecule has 5 rings (SSSR count). The quantitative estimate of drug-likeness (QED) is 0.316. The minimum atomic E-state index is -0.225. The van der Waals surface area contributed by atoms with E-state index in [4.69, 9.17) is 0 Å². The molecule has 1 unspecified atom stereocenters. The molecular formula is C22H21BrFN3S. The first-order chi connectivity index (χ1) is 12.6. The standard InChI is InChI=1S/C21H15BrFN3.CH4.H2S/c1-13-18-11-16(22)4-7-19(18)25-9-8-24-21(25)20-10-15(12-26(13)20)14-2-5-17(23)6-3-14;;/h2-13H,1H3;1H4;1H2. The topological polar surface area (TPSA) is 22.8 Å². The second kappa shape index (κ2) is 7.60. The number of hydrogen-bond acceptors (Lipinski definition) is 1. The molecule has 0 saturated heterocycles. The van der Waals surface area contributed by atoms with Gasteiger partial charge in [-0.15, -0.1) is 0 Å². The summed E-state index contributed by atoms with van der Waals surface area (Å²) in [4.78, 5) is 4.61. The van der Waals surface area contributed by atoms with Crippen LogP contribution >= 0.6 is 29.4 Å². The normalized spacial score (nSPS) is 14.0. The summed E-state index contributed by atoms with van der Waals surface area (Å²) in [7, 11) is 0. The van der Waals surface area contributed by atoms with Crippen molar-refractivity contribution in [3.05, 3.63) is 83.0 Å². The second-order valence-corrected chi connectivity index (χ2v) is 7.44. The van der Waals surface area contributed by atoms with E-state index in [2.05, 4.69) is 67.4 Å². The molecule has 6 heteroatoms. The number of halogens is 2. The zero-order valence-corrected chi connectivity index (χ0v) is 17.1. The first-order valence-corrected chi connectivity index (χ1v) is 9.22. The van der Waals surface area contributed by atoms with Gasteiger partial charge in [-0.1, -0.05) is 35.5 Å². The lowest BCUT2D eigenvalue weighted by Gasteiger charge is -2.17. The summed E-state index contributed by atoms with van der Waals surface area (Å²) < 4.78 is 18.7. The lowest BCUT2D eigenvalue weighted by molar-refractivity contribution is 0.628. The maximum Gasteiger partial charge on any atom is 0.161 e. The molecule has 28 heavy (non-hydrogen) atoms. The molecule has 0 saturated carbocycles. The highest BCUT2D eigenvalue weighted by Crippen LogP contribution is 2.39. The molecule has 0 radical (unpaired) electrons. The van der Waals surface area contributed by atoms with Crippen LogP contribution in [0.5, 0.6) is 0 Å². The SMILES string of the molecule is C.CC1c2cc(Br)ccc2-n2ccnc2-c2cc(-c3ccc(F)cc3)cn21.S. The predicted octanol–water partition coefficient (Wildman–Crippen LogP) is 6.58. The molecule has 0 aliphatic carbocycles. The van der Waals surface area contributed by atoms with Crippen LogP contribution in [0.4, 0.5) is 4.39 Å². The van der Waals surface area contributed by atoms with E-state index >= 15 is 0 Å². The van der Waals surface area contributed by atoms with E-state index in [0.29, 0.717) is 0 Å². The average Bonchev–Trinajstić information content (AvgIpc) is 3.26. The van der Waals surface area contributed by atoms with Crippen molar-refractivity contribution < 1.29 is 4.39 Å². The fourth-order valence-corrected chi connectivity index (χ4v) is 4.07. The maximum atomic E-state index is 13.3. The van der Waals surface area contributed by atoms with Crippen LogP contribution in [-0.2, 0) is 0 Å². The highest BCUT2D eigenvalue weighted by Gasteiger charge is 2.25. The van der Waals surface area contributed by atoms with Gasteiger partial charge < -0.3 is 4.57 Å². The van der Waals surface area contributed by atoms with E-state index in [9.17, 15) is 4.39 Å². The highest BCUT2D eigenvalue weighted by molar-refractivity contribution is 9.10. The van der Waals surface area contributed by atoms with Gasteiger partial charge in [-0.05, 0) is 54.4 Å². The molecule has 0 amide bonds. The molecule has 0 spiro atoms. The molecule has 0 bridgehead atoms. The van der Waals surface area contributed by atoms with E-state index < -0.39 is 0 Å². The molecule has 0 N–H and O–H groups in total. The van der Waals surface area contributed by atoms with Gasteiger partial charge in [0.15, 0.2) is 5.82 Å². The van der Waals surface area contributed by atoms with Crippen molar-refractivity contribution >= 4 is 29.4 Å². The van der Waals surface area contributed by atoms with Gasteiger partial charge in [-0.2, -0.15) is 13.5 Å². The molecule has 3 nitrogen and oxygen atoms in total. The lowest BCUT2D eigenvalue weighted by atomic mass is 10.1. The van der Waals surface area contributed by atoms with Gasteiger partial charge >= 0.3 is 0 Å². The molecule has 2 aromatic heterocycles. The van der Waals surface area contributed by atoms with Crippen LogP contribution in [0.2, 0.25) is 0 Å². The first-order valence-electron chi connectivity index (χ1n) is 8.43. The highest BCUT2D eigenvalue weighted by atomic mass is 79.9. The summed E-state index contributed by atoms with van der Waals surface area (Å²) >= 11 is 3.59. The largest absolute Gasteiger partial charge is 0.337 e. The Morgan fingerprint density at radius 3 is 2.54 bits per heavy atom. The molecule has 4 aromatic rings. The van der Waals surface area contributed by atoms with Crippen LogP contribution < -0.4 is 0 Å². The number of nitrogens with zero attached hydrogens (tertiary/aromatic N) is 3. The van der Waals surface area contributed by atoms with E-state index in [0.717, 1.165) is 32.8 Å². The molecular weight excluding hydrogens is 437 g/mol. The smallest absolute Gasteiger partial charge is 0.161 e. The molecule has 2 aromatic carbocycles. The summed E-state index contributed by atoms with van der Waals surface area (Å²) in [5.41, 5.74) is 5.46. The maximum absolute atomic E-state index is 13.3. The molecule has 1 aliphatic rings. The first kappa shape index (κ1) is 20.4. The van der Waals surface area contributed by atoms with Crippen molar-refractivity contribution in [2.45, 2.75) is 20.4 Å². The zero-order chi connectivity index (χ0) is 17.8. The van der Waals surface area contributed by atoms with Crippen LogP contribution in [0.1, 0.15) is 26.0 Å². The molecule has 1 atom stereocenters. The van der Waals surface area contributed by atoms with Gasteiger partial charge in [0.05, 0.1) is 17.4 Å². The summed E-state index contributed by atoms with van der Waals surface area (Å²) in [6, 6.07) is 15.2. The van der Waals surface area contributed by atoms with Gasteiger partial charge in [0, 0.05) is 28.6 Å². The van der Waals surface area contributed by atoms with Crippen molar-refractivity contribution in [3.63, 3.8) is 0 Å². The van der Waals surface area contributed by atoms with Crippen molar-refractivity contribution in [3.8, 4) is 28.3 Å². The Balaban J connectivity index is 0.00000112.